The van der Waals surface area contributed by atoms with Crippen LogP contribution in [0.3, 0.4) is 0 Å². The van der Waals surface area contributed by atoms with E-state index in [0.717, 1.165) is 25.7 Å². The third-order valence-corrected chi connectivity index (χ3v) is 3.25. The third-order valence-electron chi connectivity index (χ3n) is 3.25. The quantitative estimate of drug-likeness (QED) is 0.823. The number of carbonyl (C=O) groups excluding carboxylic acids is 1. The second-order valence-corrected chi connectivity index (χ2v) is 4.51. The van der Waals surface area contributed by atoms with E-state index < -0.39 is 5.82 Å². The van der Waals surface area contributed by atoms with Gasteiger partial charge >= 0.3 is 0 Å². The first kappa shape index (κ1) is 12.0. The van der Waals surface area contributed by atoms with Gasteiger partial charge in [-0.1, -0.05) is 25.0 Å². The number of rotatable bonds is 2. The zero-order valence-corrected chi connectivity index (χ0v) is 9.66. The minimum atomic E-state index is -0.491. The van der Waals surface area contributed by atoms with Crippen molar-refractivity contribution in [3.8, 4) is 0 Å². The van der Waals surface area contributed by atoms with Gasteiger partial charge in [0.05, 0.1) is 5.56 Å². The average Bonchev–Trinajstić information content (AvgIpc) is 2.32. The van der Waals surface area contributed by atoms with Crippen LogP contribution in [0, 0.1) is 5.82 Å². The molecule has 2 rings (SSSR count). The summed E-state index contributed by atoms with van der Waals surface area (Å²) in [5, 5.41) is 2.82. The number of benzene rings is 1. The molecule has 0 unspecified atom stereocenters. The van der Waals surface area contributed by atoms with Crippen molar-refractivity contribution in [2.45, 2.75) is 37.8 Å². The van der Waals surface area contributed by atoms with Crippen molar-refractivity contribution in [3.05, 3.63) is 35.6 Å². The lowest BCUT2D eigenvalue weighted by molar-refractivity contribution is 0.0917. The molecule has 0 radical (unpaired) electrons. The number of hydrogen-bond acceptors (Lipinski definition) is 2. The summed E-state index contributed by atoms with van der Waals surface area (Å²) in [6.45, 7) is 0. The van der Waals surface area contributed by atoms with Crippen LogP contribution in [0.4, 0.5) is 4.39 Å². The summed E-state index contributed by atoms with van der Waals surface area (Å²) in [7, 11) is 0. The molecule has 17 heavy (non-hydrogen) atoms. The Bertz CT molecular complexity index is 408. The van der Waals surface area contributed by atoms with Gasteiger partial charge in [-0.3, -0.25) is 4.79 Å². The second-order valence-electron chi connectivity index (χ2n) is 4.51. The van der Waals surface area contributed by atoms with E-state index in [-0.39, 0.29) is 23.6 Å². The topological polar surface area (TPSA) is 55.1 Å². The SMILES string of the molecule is N[C@@H]1CCCC[C@H]1NC(=O)c1ccccc1F. The van der Waals surface area contributed by atoms with Crippen LogP contribution < -0.4 is 11.1 Å². The van der Waals surface area contributed by atoms with Crippen molar-refractivity contribution in [2.24, 2.45) is 5.73 Å². The zero-order chi connectivity index (χ0) is 12.3. The molecule has 1 aromatic rings. The van der Waals surface area contributed by atoms with Crippen molar-refractivity contribution in [1.29, 1.82) is 0 Å². The first-order valence-electron chi connectivity index (χ1n) is 5.99. The molecule has 1 saturated carbocycles. The Kier molecular flexibility index (Phi) is 3.74. The Hall–Kier alpha value is -1.42. The highest BCUT2D eigenvalue weighted by Crippen LogP contribution is 2.17. The molecule has 0 aliphatic heterocycles. The Morgan fingerprint density at radius 3 is 2.71 bits per heavy atom. The van der Waals surface area contributed by atoms with Gasteiger partial charge in [-0.15, -0.1) is 0 Å². The maximum atomic E-state index is 13.4. The second kappa shape index (κ2) is 5.27. The lowest BCUT2D eigenvalue weighted by Crippen LogP contribution is -2.49. The van der Waals surface area contributed by atoms with E-state index in [1.54, 1.807) is 12.1 Å². The van der Waals surface area contributed by atoms with E-state index in [0.29, 0.717) is 0 Å². The molecule has 1 fully saturated rings. The smallest absolute Gasteiger partial charge is 0.254 e. The number of hydrogen-bond donors (Lipinski definition) is 2. The summed E-state index contributed by atoms with van der Waals surface area (Å²) >= 11 is 0. The van der Waals surface area contributed by atoms with Crippen molar-refractivity contribution in [3.63, 3.8) is 0 Å². The van der Waals surface area contributed by atoms with Crippen LogP contribution in [0.5, 0.6) is 0 Å². The lowest BCUT2D eigenvalue weighted by Gasteiger charge is -2.29. The summed E-state index contributed by atoms with van der Waals surface area (Å²) in [6.07, 6.45) is 3.97. The lowest BCUT2D eigenvalue weighted by atomic mass is 9.91. The molecule has 3 N–H and O–H groups in total. The first-order valence-corrected chi connectivity index (χ1v) is 5.99. The number of nitrogens with two attached hydrogens (primary N) is 1. The Morgan fingerprint density at radius 2 is 2.00 bits per heavy atom. The fraction of sp³-hybridized carbons (Fsp3) is 0.462. The van der Waals surface area contributed by atoms with E-state index in [1.165, 1.54) is 12.1 Å². The normalized spacial score (nSPS) is 24.4. The molecule has 0 bridgehead atoms. The van der Waals surface area contributed by atoms with E-state index in [1.807, 2.05) is 0 Å². The molecule has 1 aliphatic carbocycles. The predicted molar refractivity (Wildman–Crippen MR) is 64.1 cm³/mol. The molecule has 3 nitrogen and oxygen atoms in total. The standard InChI is InChI=1S/C13H17FN2O/c14-10-6-2-1-5-9(10)13(17)16-12-8-4-3-7-11(12)15/h1-2,5-6,11-12H,3-4,7-8,15H2,(H,16,17)/t11-,12-/m1/s1. The zero-order valence-electron chi connectivity index (χ0n) is 9.66. The fourth-order valence-corrected chi connectivity index (χ4v) is 2.23. The first-order chi connectivity index (χ1) is 8.18. The van der Waals surface area contributed by atoms with Crippen LogP contribution in [0.1, 0.15) is 36.0 Å². The number of nitrogens with one attached hydrogen (secondary N) is 1. The number of halogens is 1. The van der Waals surface area contributed by atoms with Crippen LogP contribution in [0.15, 0.2) is 24.3 Å². The maximum absolute atomic E-state index is 13.4. The van der Waals surface area contributed by atoms with Gasteiger partial charge < -0.3 is 11.1 Å². The van der Waals surface area contributed by atoms with E-state index >= 15 is 0 Å². The molecule has 0 spiro atoms. The summed E-state index contributed by atoms with van der Waals surface area (Å²) < 4.78 is 13.4. The van der Waals surface area contributed by atoms with Gasteiger partial charge in [-0.2, -0.15) is 0 Å². The number of carbonyl (C=O) groups is 1. The van der Waals surface area contributed by atoms with Crippen LogP contribution in [-0.2, 0) is 0 Å². The monoisotopic (exact) mass is 236 g/mol. The van der Waals surface area contributed by atoms with E-state index in [2.05, 4.69) is 5.32 Å². The van der Waals surface area contributed by atoms with Crippen molar-refractivity contribution in [1.82, 2.24) is 5.32 Å². The van der Waals surface area contributed by atoms with Crippen molar-refractivity contribution in [2.75, 3.05) is 0 Å². The van der Waals surface area contributed by atoms with Gasteiger partial charge in [0.25, 0.3) is 5.91 Å². The van der Waals surface area contributed by atoms with Gasteiger partial charge in [0.1, 0.15) is 5.82 Å². The Morgan fingerprint density at radius 1 is 1.29 bits per heavy atom. The van der Waals surface area contributed by atoms with Crippen LogP contribution in [-0.4, -0.2) is 18.0 Å². The third kappa shape index (κ3) is 2.82. The highest BCUT2D eigenvalue weighted by molar-refractivity contribution is 5.94. The van der Waals surface area contributed by atoms with E-state index in [4.69, 9.17) is 5.73 Å². The molecule has 1 aliphatic rings. The fourth-order valence-electron chi connectivity index (χ4n) is 2.23. The average molecular weight is 236 g/mol. The molecule has 1 amide bonds. The predicted octanol–water partition coefficient (Wildman–Crippen LogP) is 1.83. The van der Waals surface area contributed by atoms with E-state index in [9.17, 15) is 9.18 Å². The molecule has 1 aromatic carbocycles. The summed E-state index contributed by atoms with van der Waals surface area (Å²) in [6, 6.07) is 5.95. The van der Waals surface area contributed by atoms with Crippen molar-refractivity contribution >= 4 is 5.91 Å². The Balaban J connectivity index is 2.04. The largest absolute Gasteiger partial charge is 0.348 e. The Labute approximate surface area is 100 Å². The van der Waals surface area contributed by atoms with Gasteiger partial charge in [0.2, 0.25) is 0 Å². The van der Waals surface area contributed by atoms with Crippen LogP contribution in [0.2, 0.25) is 0 Å². The van der Waals surface area contributed by atoms with Crippen molar-refractivity contribution < 1.29 is 9.18 Å². The van der Waals surface area contributed by atoms with Gasteiger partial charge in [0.15, 0.2) is 0 Å². The molecule has 92 valence electrons. The summed E-state index contributed by atoms with van der Waals surface area (Å²) in [5.74, 6) is -0.861. The molecule has 0 heterocycles. The van der Waals surface area contributed by atoms with Crippen LogP contribution in [0.25, 0.3) is 0 Å². The maximum Gasteiger partial charge on any atom is 0.254 e. The molecule has 0 aromatic heterocycles. The molecular weight excluding hydrogens is 219 g/mol. The highest BCUT2D eigenvalue weighted by atomic mass is 19.1. The van der Waals surface area contributed by atoms with Gasteiger partial charge in [0, 0.05) is 12.1 Å². The molecular formula is C13H17FN2O. The molecule has 2 atom stereocenters. The molecule has 0 saturated heterocycles. The minimum Gasteiger partial charge on any atom is -0.348 e. The van der Waals surface area contributed by atoms with Crippen LogP contribution >= 0.6 is 0 Å². The molecule has 4 heteroatoms. The summed E-state index contributed by atoms with van der Waals surface area (Å²) in [5.41, 5.74) is 6.02. The summed E-state index contributed by atoms with van der Waals surface area (Å²) in [4.78, 5) is 11.9. The number of amides is 1. The minimum absolute atomic E-state index is 0.0144. The van der Waals surface area contributed by atoms with Gasteiger partial charge in [-0.25, -0.2) is 4.39 Å². The highest BCUT2D eigenvalue weighted by Gasteiger charge is 2.24. The van der Waals surface area contributed by atoms with Gasteiger partial charge in [-0.05, 0) is 25.0 Å².